The van der Waals surface area contributed by atoms with Gasteiger partial charge in [0.2, 0.25) is 0 Å². The molecule has 0 saturated carbocycles. The van der Waals surface area contributed by atoms with Gasteiger partial charge in [0.05, 0.1) is 11.2 Å². The maximum Gasteiger partial charge on any atom is 0.279 e. The van der Waals surface area contributed by atoms with E-state index in [1.165, 1.54) is 0 Å². The molecular weight excluding hydrogens is 240 g/mol. The molecule has 0 spiro atoms. The van der Waals surface area contributed by atoms with Crippen LogP contribution in [0.1, 0.15) is 10.6 Å². The standard InChI is InChI=1S/C10H8N4O2S/c15-9-7-8(12-14-10(7)16)6(11-13-9)4-5-2-1-3-17-5/h1-3H,4H2,(H,13,15)(H2,12,14,16). The highest BCUT2D eigenvalue weighted by atomic mass is 32.1. The van der Waals surface area contributed by atoms with E-state index in [9.17, 15) is 9.59 Å². The van der Waals surface area contributed by atoms with E-state index in [2.05, 4.69) is 20.4 Å². The maximum absolute atomic E-state index is 11.5. The molecule has 17 heavy (non-hydrogen) atoms. The molecule has 3 aromatic rings. The van der Waals surface area contributed by atoms with Crippen LogP contribution in [0, 0.1) is 0 Å². The molecule has 3 rings (SSSR count). The van der Waals surface area contributed by atoms with Gasteiger partial charge in [-0.3, -0.25) is 19.8 Å². The van der Waals surface area contributed by atoms with Crippen LogP contribution in [0.3, 0.4) is 0 Å². The van der Waals surface area contributed by atoms with Gasteiger partial charge in [-0.25, -0.2) is 5.10 Å². The lowest BCUT2D eigenvalue weighted by Crippen LogP contribution is -2.16. The molecule has 0 radical (unpaired) electrons. The minimum absolute atomic E-state index is 0.103. The van der Waals surface area contributed by atoms with Crippen molar-refractivity contribution >= 4 is 22.2 Å². The molecule has 3 aromatic heterocycles. The predicted octanol–water partition coefficient (Wildman–Crippen LogP) is 0.592. The second-order valence-corrected chi connectivity index (χ2v) is 4.62. The summed E-state index contributed by atoms with van der Waals surface area (Å²) in [6.45, 7) is 0. The third-order valence-corrected chi connectivity index (χ3v) is 3.38. The molecule has 0 bridgehead atoms. The zero-order chi connectivity index (χ0) is 11.8. The Kier molecular flexibility index (Phi) is 2.19. The van der Waals surface area contributed by atoms with E-state index in [1.807, 2.05) is 17.5 Å². The summed E-state index contributed by atoms with van der Waals surface area (Å²) in [6, 6.07) is 3.93. The minimum Gasteiger partial charge on any atom is -0.295 e. The molecule has 3 heterocycles. The zero-order valence-electron chi connectivity index (χ0n) is 8.61. The molecule has 0 atom stereocenters. The van der Waals surface area contributed by atoms with E-state index >= 15 is 0 Å². The lowest BCUT2D eigenvalue weighted by Gasteiger charge is -1.98. The van der Waals surface area contributed by atoms with Crippen molar-refractivity contribution in [1.29, 1.82) is 0 Å². The number of H-pyrrole nitrogens is 3. The lowest BCUT2D eigenvalue weighted by atomic mass is 10.2. The summed E-state index contributed by atoms with van der Waals surface area (Å²) in [5, 5.41) is 13.5. The number of hydrogen-bond acceptors (Lipinski definition) is 4. The molecule has 0 aliphatic rings. The first-order chi connectivity index (χ1) is 8.25. The Morgan fingerprint density at radius 2 is 2.12 bits per heavy atom. The maximum atomic E-state index is 11.5. The van der Waals surface area contributed by atoms with Gasteiger partial charge in [-0.15, -0.1) is 11.3 Å². The third-order valence-electron chi connectivity index (χ3n) is 2.51. The summed E-state index contributed by atoms with van der Waals surface area (Å²) in [4.78, 5) is 24.0. The fourth-order valence-corrected chi connectivity index (χ4v) is 2.44. The average molecular weight is 248 g/mol. The van der Waals surface area contributed by atoms with Crippen molar-refractivity contribution in [3.05, 3.63) is 48.8 Å². The van der Waals surface area contributed by atoms with E-state index in [0.29, 0.717) is 17.6 Å². The van der Waals surface area contributed by atoms with Crippen LogP contribution < -0.4 is 11.1 Å². The van der Waals surface area contributed by atoms with Crippen molar-refractivity contribution in [3.63, 3.8) is 0 Å². The molecule has 0 amide bonds. The number of hydrogen-bond donors (Lipinski definition) is 3. The second kappa shape index (κ2) is 3.70. The minimum atomic E-state index is -0.475. The van der Waals surface area contributed by atoms with Crippen molar-refractivity contribution in [3.8, 4) is 0 Å². The van der Waals surface area contributed by atoms with Crippen LogP contribution in [0.4, 0.5) is 0 Å². The molecule has 0 saturated heterocycles. The van der Waals surface area contributed by atoms with E-state index in [4.69, 9.17) is 0 Å². The molecule has 0 aliphatic heterocycles. The summed E-state index contributed by atoms with van der Waals surface area (Å²) in [6.07, 6.45) is 0.582. The largest absolute Gasteiger partial charge is 0.295 e. The smallest absolute Gasteiger partial charge is 0.279 e. The van der Waals surface area contributed by atoms with Crippen LogP contribution in [-0.2, 0) is 6.42 Å². The first-order valence-electron chi connectivity index (χ1n) is 4.96. The quantitative estimate of drug-likeness (QED) is 0.619. The first kappa shape index (κ1) is 10.0. The van der Waals surface area contributed by atoms with E-state index in [0.717, 1.165) is 4.88 Å². The fraction of sp³-hybridized carbons (Fsp3) is 0.100. The number of aromatic nitrogens is 4. The summed E-state index contributed by atoms with van der Waals surface area (Å²) in [5.74, 6) is 0. The SMILES string of the molecule is O=c1[nH]nc(Cc2cccs2)c2[nH][nH]c(=O)c12. The van der Waals surface area contributed by atoms with Crippen LogP contribution in [0.25, 0.3) is 10.9 Å². The van der Waals surface area contributed by atoms with Gasteiger partial charge in [-0.2, -0.15) is 5.10 Å². The molecule has 7 heteroatoms. The Morgan fingerprint density at radius 1 is 1.24 bits per heavy atom. The van der Waals surface area contributed by atoms with E-state index in [1.54, 1.807) is 11.3 Å². The van der Waals surface area contributed by atoms with Gasteiger partial charge in [0.25, 0.3) is 11.1 Å². The van der Waals surface area contributed by atoms with Gasteiger partial charge in [0.1, 0.15) is 5.39 Å². The van der Waals surface area contributed by atoms with Crippen molar-refractivity contribution in [2.75, 3.05) is 0 Å². The summed E-state index contributed by atoms with van der Waals surface area (Å²) in [7, 11) is 0. The van der Waals surface area contributed by atoms with Gasteiger partial charge in [-0.05, 0) is 11.4 Å². The topological polar surface area (TPSA) is 94.4 Å². The Bertz CT molecular complexity index is 766. The number of rotatable bonds is 2. The van der Waals surface area contributed by atoms with Crippen molar-refractivity contribution < 1.29 is 0 Å². The molecule has 0 aromatic carbocycles. The second-order valence-electron chi connectivity index (χ2n) is 3.58. The highest BCUT2D eigenvalue weighted by molar-refractivity contribution is 7.09. The van der Waals surface area contributed by atoms with Crippen LogP contribution in [-0.4, -0.2) is 20.4 Å². The number of nitrogens with one attached hydrogen (secondary N) is 3. The molecule has 86 valence electrons. The van der Waals surface area contributed by atoms with Crippen molar-refractivity contribution in [1.82, 2.24) is 20.4 Å². The van der Waals surface area contributed by atoms with Crippen LogP contribution in [0.2, 0.25) is 0 Å². The normalized spacial score (nSPS) is 11.1. The number of fused-ring (bicyclic) bond motifs is 1. The molecule has 6 nitrogen and oxygen atoms in total. The van der Waals surface area contributed by atoms with E-state index in [-0.39, 0.29) is 5.39 Å². The number of nitrogens with zero attached hydrogens (tertiary/aromatic N) is 1. The van der Waals surface area contributed by atoms with Crippen molar-refractivity contribution in [2.24, 2.45) is 0 Å². The van der Waals surface area contributed by atoms with Crippen molar-refractivity contribution in [2.45, 2.75) is 6.42 Å². The molecule has 3 N–H and O–H groups in total. The lowest BCUT2D eigenvalue weighted by molar-refractivity contribution is 0.933. The molecular formula is C10H8N4O2S. The first-order valence-corrected chi connectivity index (χ1v) is 5.84. The van der Waals surface area contributed by atoms with Crippen LogP contribution in [0.5, 0.6) is 0 Å². The van der Waals surface area contributed by atoms with E-state index < -0.39 is 11.1 Å². The van der Waals surface area contributed by atoms with Gasteiger partial charge >= 0.3 is 0 Å². The summed E-state index contributed by atoms with van der Waals surface area (Å²) < 4.78 is 0. The summed E-state index contributed by atoms with van der Waals surface area (Å²) >= 11 is 1.60. The molecule has 0 unspecified atom stereocenters. The fourth-order valence-electron chi connectivity index (χ4n) is 1.73. The highest BCUT2D eigenvalue weighted by Gasteiger charge is 2.12. The monoisotopic (exact) mass is 248 g/mol. The summed E-state index contributed by atoms with van der Waals surface area (Å²) in [5.41, 5.74) is 0.237. The zero-order valence-corrected chi connectivity index (χ0v) is 9.43. The van der Waals surface area contributed by atoms with Crippen LogP contribution >= 0.6 is 11.3 Å². The Labute approximate surface area is 98.3 Å². The Morgan fingerprint density at radius 3 is 2.88 bits per heavy atom. The molecule has 0 fully saturated rings. The van der Waals surface area contributed by atoms with Crippen LogP contribution in [0.15, 0.2) is 27.1 Å². The Balaban J connectivity index is 2.21. The predicted molar refractivity (Wildman–Crippen MR) is 64.5 cm³/mol. The highest BCUT2D eigenvalue weighted by Crippen LogP contribution is 2.15. The van der Waals surface area contributed by atoms with Gasteiger partial charge < -0.3 is 0 Å². The third kappa shape index (κ3) is 1.60. The average Bonchev–Trinajstić information content (AvgIpc) is 2.93. The van der Waals surface area contributed by atoms with Gasteiger partial charge in [0.15, 0.2) is 0 Å². The Hall–Kier alpha value is -2.15. The van der Waals surface area contributed by atoms with Gasteiger partial charge in [0, 0.05) is 11.3 Å². The van der Waals surface area contributed by atoms with Gasteiger partial charge in [-0.1, -0.05) is 6.07 Å². The number of aromatic amines is 3. The number of thiophene rings is 1. The molecule has 0 aliphatic carbocycles.